The number of benzene rings is 1. The highest BCUT2D eigenvalue weighted by atomic mass is 35.5. The summed E-state index contributed by atoms with van der Waals surface area (Å²) in [6.45, 7) is 0. The molecule has 4 nitrogen and oxygen atoms in total. The Morgan fingerprint density at radius 2 is 2.06 bits per heavy atom. The minimum absolute atomic E-state index is 0.538. The van der Waals surface area contributed by atoms with E-state index in [0.29, 0.717) is 22.5 Å². The summed E-state index contributed by atoms with van der Waals surface area (Å²) in [5.74, 6) is 2.23. The number of hydrogen-bond donors (Lipinski definition) is 2. The lowest BCUT2D eigenvalue weighted by Gasteiger charge is -2.02. The molecular formula is C13H15ClN4. The molecular weight excluding hydrogens is 248 g/mol. The van der Waals surface area contributed by atoms with Crippen molar-refractivity contribution in [1.82, 2.24) is 15.2 Å². The van der Waals surface area contributed by atoms with E-state index in [9.17, 15) is 0 Å². The van der Waals surface area contributed by atoms with Gasteiger partial charge in [-0.2, -0.15) is 5.10 Å². The zero-order chi connectivity index (χ0) is 12.5. The first-order chi connectivity index (χ1) is 8.74. The summed E-state index contributed by atoms with van der Waals surface area (Å²) >= 11 is 6.01. The Bertz CT molecular complexity index is 558. The molecule has 1 heterocycles. The Kier molecular flexibility index (Phi) is 2.96. The maximum atomic E-state index is 6.01. The minimum Gasteiger partial charge on any atom is -0.398 e. The van der Waals surface area contributed by atoms with Crippen LogP contribution in [0.2, 0.25) is 5.02 Å². The fraction of sp³-hybridized carbons (Fsp3) is 0.385. The first kappa shape index (κ1) is 11.5. The average molecular weight is 263 g/mol. The van der Waals surface area contributed by atoms with Crippen LogP contribution < -0.4 is 5.73 Å². The topological polar surface area (TPSA) is 67.6 Å². The van der Waals surface area contributed by atoms with Gasteiger partial charge in [0.05, 0.1) is 10.7 Å². The molecule has 3 rings (SSSR count). The van der Waals surface area contributed by atoms with Crippen molar-refractivity contribution in [2.75, 3.05) is 5.73 Å². The van der Waals surface area contributed by atoms with Crippen molar-refractivity contribution in [3.8, 4) is 11.4 Å². The van der Waals surface area contributed by atoms with Crippen LogP contribution in [-0.2, 0) is 0 Å². The molecule has 0 bridgehead atoms. The van der Waals surface area contributed by atoms with Gasteiger partial charge in [-0.1, -0.05) is 24.4 Å². The van der Waals surface area contributed by atoms with Crippen molar-refractivity contribution in [1.29, 1.82) is 0 Å². The first-order valence-electron chi connectivity index (χ1n) is 6.22. The molecule has 0 radical (unpaired) electrons. The van der Waals surface area contributed by atoms with Crippen LogP contribution in [0.3, 0.4) is 0 Å². The van der Waals surface area contributed by atoms with Gasteiger partial charge in [0.25, 0.3) is 0 Å². The van der Waals surface area contributed by atoms with E-state index in [4.69, 9.17) is 17.3 Å². The number of hydrogen-bond acceptors (Lipinski definition) is 3. The van der Waals surface area contributed by atoms with Crippen molar-refractivity contribution in [3.63, 3.8) is 0 Å². The van der Waals surface area contributed by atoms with Gasteiger partial charge in [0.1, 0.15) is 5.82 Å². The predicted octanol–water partition coefficient (Wildman–Crippen LogP) is 3.36. The largest absolute Gasteiger partial charge is 0.398 e. The molecule has 0 spiro atoms. The van der Waals surface area contributed by atoms with Crippen molar-refractivity contribution < 1.29 is 0 Å². The van der Waals surface area contributed by atoms with E-state index in [2.05, 4.69) is 15.2 Å². The van der Waals surface area contributed by atoms with Crippen LogP contribution in [0.25, 0.3) is 11.4 Å². The quantitative estimate of drug-likeness (QED) is 0.816. The zero-order valence-electron chi connectivity index (χ0n) is 9.99. The van der Waals surface area contributed by atoms with E-state index in [1.165, 1.54) is 25.7 Å². The van der Waals surface area contributed by atoms with Crippen molar-refractivity contribution in [2.24, 2.45) is 0 Å². The zero-order valence-corrected chi connectivity index (χ0v) is 10.7. The Hall–Kier alpha value is -1.55. The Morgan fingerprint density at radius 1 is 1.28 bits per heavy atom. The fourth-order valence-corrected chi connectivity index (χ4v) is 2.63. The second kappa shape index (κ2) is 4.61. The number of aromatic amines is 1. The molecule has 1 saturated carbocycles. The lowest BCUT2D eigenvalue weighted by Crippen LogP contribution is -1.94. The smallest absolute Gasteiger partial charge is 0.181 e. The van der Waals surface area contributed by atoms with Crippen LogP contribution >= 0.6 is 11.6 Å². The number of aromatic nitrogens is 3. The number of H-pyrrole nitrogens is 1. The van der Waals surface area contributed by atoms with Gasteiger partial charge in [0.2, 0.25) is 0 Å². The number of nitrogen functional groups attached to an aromatic ring is 1. The Balaban J connectivity index is 1.89. The SMILES string of the molecule is Nc1ccc(-c2n[nH]c(C3CCCC3)n2)cc1Cl. The van der Waals surface area contributed by atoms with E-state index in [1.807, 2.05) is 6.07 Å². The van der Waals surface area contributed by atoms with Gasteiger partial charge < -0.3 is 5.73 Å². The second-order valence-corrected chi connectivity index (χ2v) is 5.17. The summed E-state index contributed by atoms with van der Waals surface area (Å²) in [5.41, 5.74) is 7.16. The van der Waals surface area contributed by atoms with Crippen LogP contribution in [-0.4, -0.2) is 15.2 Å². The normalized spacial score (nSPS) is 16.3. The molecule has 1 fully saturated rings. The van der Waals surface area contributed by atoms with Crippen LogP contribution in [0, 0.1) is 0 Å². The first-order valence-corrected chi connectivity index (χ1v) is 6.59. The third kappa shape index (κ3) is 2.08. The van der Waals surface area contributed by atoms with Crippen molar-refractivity contribution in [3.05, 3.63) is 29.0 Å². The molecule has 1 aliphatic carbocycles. The maximum absolute atomic E-state index is 6.01. The third-order valence-corrected chi connectivity index (χ3v) is 3.83. The number of nitrogens with two attached hydrogens (primary N) is 1. The van der Waals surface area contributed by atoms with Gasteiger partial charge in [-0.25, -0.2) is 4.98 Å². The molecule has 0 aliphatic heterocycles. The van der Waals surface area contributed by atoms with E-state index < -0.39 is 0 Å². The monoisotopic (exact) mass is 262 g/mol. The second-order valence-electron chi connectivity index (χ2n) is 4.76. The lowest BCUT2D eigenvalue weighted by molar-refractivity contribution is 0.672. The van der Waals surface area contributed by atoms with E-state index in [0.717, 1.165) is 11.4 Å². The van der Waals surface area contributed by atoms with Gasteiger partial charge in [0, 0.05) is 11.5 Å². The van der Waals surface area contributed by atoms with E-state index >= 15 is 0 Å². The molecule has 5 heteroatoms. The summed E-state index contributed by atoms with van der Waals surface area (Å²) < 4.78 is 0. The third-order valence-electron chi connectivity index (χ3n) is 3.50. The van der Waals surface area contributed by atoms with Gasteiger partial charge in [-0.05, 0) is 31.0 Å². The van der Waals surface area contributed by atoms with Gasteiger partial charge >= 0.3 is 0 Å². The molecule has 0 amide bonds. The summed E-state index contributed by atoms with van der Waals surface area (Å²) in [5, 5.41) is 7.85. The van der Waals surface area contributed by atoms with Gasteiger partial charge in [-0.3, -0.25) is 5.10 Å². The average Bonchev–Trinajstić information content (AvgIpc) is 3.01. The van der Waals surface area contributed by atoms with Gasteiger partial charge in [-0.15, -0.1) is 0 Å². The molecule has 94 valence electrons. The van der Waals surface area contributed by atoms with Crippen molar-refractivity contribution >= 4 is 17.3 Å². The highest BCUT2D eigenvalue weighted by Crippen LogP contribution is 2.33. The maximum Gasteiger partial charge on any atom is 0.181 e. The molecule has 0 saturated heterocycles. The standard InChI is InChI=1S/C13H15ClN4/c14-10-7-9(5-6-11(10)15)13-16-12(17-18-13)8-3-1-2-4-8/h5-8H,1-4,15H2,(H,16,17,18). The molecule has 0 unspecified atom stereocenters. The van der Waals surface area contributed by atoms with Crippen LogP contribution in [0.4, 0.5) is 5.69 Å². The highest BCUT2D eigenvalue weighted by molar-refractivity contribution is 6.33. The molecule has 1 aromatic heterocycles. The molecule has 1 aliphatic rings. The number of anilines is 1. The van der Waals surface area contributed by atoms with Crippen LogP contribution in [0.1, 0.15) is 37.4 Å². The summed E-state index contributed by atoms with van der Waals surface area (Å²) in [6.07, 6.45) is 4.98. The van der Waals surface area contributed by atoms with Crippen LogP contribution in [0.15, 0.2) is 18.2 Å². The summed E-state index contributed by atoms with van der Waals surface area (Å²) in [7, 11) is 0. The summed E-state index contributed by atoms with van der Waals surface area (Å²) in [4.78, 5) is 4.57. The van der Waals surface area contributed by atoms with Gasteiger partial charge in [0.15, 0.2) is 5.82 Å². The highest BCUT2D eigenvalue weighted by Gasteiger charge is 2.20. The molecule has 3 N–H and O–H groups in total. The van der Waals surface area contributed by atoms with E-state index in [-0.39, 0.29) is 0 Å². The number of nitrogens with one attached hydrogen (secondary N) is 1. The number of nitrogens with zero attached hydrogens (tertiary/aromatic N) is 2. The Morgan fingerprint density at radius 3 is 2.78 bits per heavy atom. The molecule has 0 atom stereocenters. The predicted molar refractivity (Wildman–Crippen MR) is 72.5 cm³/mol. The van der Waals surface area contributed by atoms with Crippen LogP contribution in [0.5, 0.6) is 0 Å². The number of rotatable bonds is 2. The lowest BCUT2D eigenvalue weighted by atomic mass is 10.1. The molecule has 2 aromatic rings. The molecule has 1 aromatic carbocycles. The minimum atomic E-state index is 0.538. The molecule has 18 heavy (non-hydrogen) atoms. The Labute approximate surface area is 111 Å². The number of halogens is 1. The van der Waals surface area contributed by atoms with E-state index in [1.54, 1.807) is 12.1 Å². The summed E-state index contributed by atoms with van der Waals surface area (Å²) in [6, 6.07) is 5.48. The van der Waals surface area contributed by atoms with Crippen molar-refractivity contribution in [2.45, 2.75) is 31.6 Å². The fourth-order valence-electron chi connectivity index (χ4n) is 2.45.